The lowest BCUT2D eigenvalue weighted by molar-refractivity contribution is 0.0143. The molecule has 10 heavy (non-hydrogen) atoms. The summed E-state index contributed by atoms with van der Waals surface area (Å²) in [6.07, 6.45) is 4.41. The van der Waals surface area contributed by atoms with E-state index in [1.165, 1.54) is 12.8 Å². The van der Waals surface area contributed by atoms with Gasteiger partial charge < -0.3 is 4.74 Å². The molecule has 1 radical (unpaired) electrons. The normalized spacial score (nSPS) is 13.5. The number of hydrogen-bond acceptors (Lipinski definition) is 1. The molecule has 0 saturated heterocycles. The van der Waals surface area contributed by atoms with Crippen LogP contribution in [0.5, 0.6) is 0 Å². The summed E-state index contributed by atoms with van der Waals surface area (Å²) in [5, 5.41) is 10.3. The van der Waals surface area contributed by atoms with Gasteiger partial charge in [0.2, 0.25) is 0 Å². The van der Waals surface area contributed by atoms with Gasteiger partial charge in [0.25, 0.3) is 0 Å². The molecule has 0 fully saturated rings. The molecule has 0 aromatic heterocycles. The van der Waals surface area contributed by atoms with Gasteiger partial charge in [-0.3, -0.25) is 0 Å². The van der Waals surface area contributed by atoms with Gasteiger partial charge in [0.15, 0.2) is 0 Å². The van der Waals surface area contributed by atoms with E-state index in [1.807, 2.05) is 0 Å². The lowest BCUT2D eigenvalue weighted by Gasteiger charge is -2.09. The van der Waals surface area contributed by atoms with Crippen LogP contribution in [0, 0.1) is 0 Å². The summed E-state index contributed by atoms with van der Waals surface area (Å²) in [5.74, 6) is 0. The molecule has 0 aliphatic heterocycles. The molecule has 0 aromatic carbocycles. The Morgan fingerprint density at radius 2 is 2.10 bits per heavy atom. The molecule has 0 rings (SSSR count). The van der Waals surface area contributed by atoms with Gasteiger partial charge in [-0.05, 0) is 6.42 Å². The van der Waals surface area contributed by atoms with Gasteiger partial charge in [-0.15, -0.1) is 0 Å². The molecule has 0 aliphatic rings. The molecule has 0 N–H and O–H groups in total. The van der Waals surface area contributed by atoms with Crippen molar-refractivity contribution in [1.82, 2.24) is 0 Å². The number of hydrogen-bond donors (Lipinski definition) is 0. The molecule has 0 aliphatic carbocycles. The van der Waals surface area contributed by atoms with Gasteiger partial charge in [0.05, 0.1) is 6.10 Å². The van der Waals surface area contributed by atoms with Gasteiger partial charge in [-0.1, -0.05) is 26.2 Å². The summed E-state index contributed by atoms with van der Waals surface area (Å²) >= 11 is 0. The summed E-state index contributed by atoms with van der Waals surface area (Å²) in [4.78, 5) is 0. The van der Waals surface area contributed by atoms with E-state index in [-0.39, 0.29) is 12.7 Å². The third kappa shape index (κ3) is 4.77. The fourth-order valence-electron chi connectivity index (χ4n) is 0.891. The first-order valence-corrected chi connectivity index (χ1v) is 3.96. The van der Waals surface area contributed by atoms with Crippen molar-refractivity contribution < 1.29 is 9.84 Å². The fraction of sp³-hybridized carbons (Fsp3) is 1.00. The van der Waals surface area contributed by atoms with Gasteiger partial charge in [0.1, 0.15) is 6.61 Å². The van der Waals surface area contributed by atoms with Crippen LogP contribution in [-0.2, 0) is 9.84 Å². The Kier molecular flexibility index (Phi) is 6.98. The van der Waals surface area contributed by atoms with Gasteiger partial charge in [-0.2, -0.15) is 0 Å². The van der Waals surface area contributed by atoms with E-state index in [2.05, 4.69) is 6.92 Å². The van der Waals surface area contributed by atoms with Crippen molar-refractivity contribution in [2.45, 2.75) is 38.7 Å². The monoisotopic (exact) mass is 145 g/mol. The molecular weight excluding hydrogens is 128 g/mol. The number of ether oxygens (including phenoxy) is 1. The van der Waals surface area contributed by atoms with Crippen LogP contribution < -0.4 is 0 Å². The topological polar surface area (TPSA) is 29.1 Å². The zero-order chi connectivity index (χ0) is 7.82. The molecule has 0 aromatic rings. The molecule has 61 valence electrons. The van der Waals surface area contributed by atoms with E-state index in [9.17, 15) is 5.11 Å². The van der Waals surface area contributed by atoms with Crippen molar-refractivity contribution >= 4 is 0 Å². The Bertz CT molecular complexity index is 60.3. The highest BCUT2D eigenvalue weighted by molar-refractivity contribution is 4.54. The lowest BCUT2D eigenvalue weighted by Crippen LogP contribution is -2.14. The van der Waals surface area contributed by atoms with Crippen LogP contribution in [0.1, 0.15) is 32.6 Å². The second-order valence-electron chi connectivity index (χ2n) is 2.52. The van der Waals surface area contributed by atoms with Crippen LogP contribution in [0.2, 0.25) is 0 Å². The van der Waals surface area contributed by atoms with Crippen LogP contribution in [0.25, 0.3) is 0 Å². The quantitative estimate of drug-likeness (QED) is 0.526. The number of rotatable bonds is 6. The maximum Gasteiger partial charge on any atom is 0.108 e. The molecule has 2 heteroatoms. The summed E-state index contributed by atoms with van der Waals surface area (Å²) < 4.78 is 4.93. The molecular formula is C8H17O2. The zero-order valence-corrected chi connectivity index (χ0v) is 6.93. The maximum atomic E-state index is 10.3. The Labute approximate surface area is 63.2 Å². The first kappa shape index (κ1) is 9.92. The highest BCUT2D eigenvalue weighted by Crippen LogP contribution is 2.04. The van der Waals surface area contributed by atoms with Crippen LogP contribution in [0.15, 0.2) is 0 Å². The number of unbranched alkanes of at least 4 members (excludes halogenated alkanes) is 2. The van der Waals surface area contributed by atoms with Gasteiger partial charge >= 0.3 is 0 Å². The predicted octanol–water partition coefficient (Wildman–Crippen LogP) is 2.01. The zero-order valence-electron chi connectivity index (χ0n) is 6.93. The highest BCUT2D eigenvalue weighted by Gasteiger charge is 2.03. The molecule has 0 amide bonds. The largest absolute Gasteiger partial charge is 0.379 e. The maximum absolute atomic E-state index is 10.3. The van der Waals surface area contributed by atoms with Crippen molar-refractivity contribution in [3.8, 4) is 0 Å². The van der Waals surface area contributed by atoms with Gasteiger partial charge in [-0.25, -0.2) is 5.11 Å². The lowest BCUT2D eigenvalue weighted by atomic mass is 10.1. The molecule has 0 bridgehead atoms. The van der Waals surface area contributed by atoms with Crippen molar-refractivity contribution in [3.63, 3.8) is 0 Å². The summed E-state index contributed by atoms with van der Waals surface area (Å²) in [6, 6.07) is 0. The molecule has 0 heterocycles. The average Bonchev–Trinajstić information content (AvgIpc) is 1.99. The summed E-state index contributed by atoms with van der Waals surface area (Å²) in [5.41, 5.74) is 0. The van der Waals surface area contributed by atoms with E-state index >= 15 is 0 Å². The smallest absolute Gasteiger partial charge is 0.108 e. The first-order chi connectivity index (χ1) is 4.85. The Balaban J connectivity index is 3.09. The van der Waals surface area contributed by atoms with Crippen molar-refractivity contribution in [2.75, 3.05) is 13.7 Å². The molecule has 0 spiro atoms. The Hall–Kier alpha value is -0.0800. The van der Waals surface area contributed by atoms with Crippen molar-refractivity contribution in [2.24, 2.45) is 0 Å². The second kappa shape index (κ2) is 7.03. The molecule has 1 unspecified atom stereocenters. The SMILES string of the molecule is CCCCCC(C[O])OC. The molecule has 2 nitrogen and oxygen atoms in total. The number of methoxy groups -OCH3 is 1. The third-order valence-electron chi connectivity index (χ3n) is 1.65. The van der Waals surface area contributed by atoms with Crippen LogP contribution >= 0.6 is 0 Å². The minimum Gasteiger partial charge on any atom is -0.379 e. The Morgan fingerprint density at radius 1 is 1.40 bits per heavy atom. The third-order valence-corrected chi connectivity index (χ3v) is 1.65. The predicted molar refractivity (Wildman–Crippen MR) is 40.5 cm³/mol. The highest BCUT2D eigenvalue weighted by atomic mass is 16.5. The van der Waals surface area contributed by atoms with E-state index in [1.54, 1.807) is 7.11 Å². The standard InChI is InChI=1S/C8H17O2/c1-3-4-5-6-8(7-9)10-2/h8H,3-7H2,1-2H3. The van der Waals surface area contributed by atoms with E-state index < -0.39 is 0 Å². The first-order valence-electron chi connectivity index (χ1n) is 3.96. The minimum atomic E-state index is -0.0970. The van der Waals surface area contributed by atoms with E-state index in [4.69, 9.17) is 4.74 Å². The summed E-state index contributed by atoms with van der Waals surface area (Å²) in [6.45, 7) is 2.05. The van der Waals surface area contributed by atoms with Crippen molar-refractivity contribution in [3.05, 3.63) is 0 Å². The summed E-state index contributed by atoms with van der Waals surface area (Å²) in [7, 11) is 1.61. The van der Waals surface area contributed by atoms with Crippen LogP contribution in [0.3, 0.4) is 0 Å². The Morgan fingerprint density at radius 3 is 2.50 bits per heavy atom. The van der Waals surface area contributed by atoms with Crippen molar-refractivity contribution in [1.29, 1.82) is 0 Å². The van der Waals surface area contributed by atoms with Crippen LogP contribution in [-0.4, -0.2) is 19.8 Å². The molecule has 1 atom stereocenters. The minimum absolute atomic E-state index is 0.0495. The fourth-order valence-corrected chi connectivity index (χ4v) is 0.891. The van der Waals surface area contributed by atoms with E-state index in [0.717, 1.165) is 12.8 Å². The van der Waals surface area contributed by atoms with Crippen LogP contribution in [0.4, 0.5) is 0 Å². The van der Waals surface area contributed by atoms with Gasteiger partial charge in [0, 0.05) is 7.11 Å². The average molecular weight is 145 g/mol. The second-order valence-corrected chi connectivity index (χ2v) is 2.52. The molecule has 0 saturated carbocycles. The van der Waals surface area contributed by atoms with E-state index in [0.29, 0.717) is 0 Å².